The van der Waals surface area contributed by atoms with Gasteiger partial charge in [-0.3, -0.25) is 4.79 Å². The number of benzene rings is 1. The minimum Gasteiger partial charge on any atom is -0.451 e. The molecular weight excluding hydrogens is 216 g/mol. The van der Waals surface area contributed by atoms with E-state index in [1.54, 1.807) is 0 Å². The maximum Gasteiger partial charge on any atom is 0.224 e. The van der Waals surface area contributed by atoms with E-state index in [2.05, 4.69) is 10.3 Å². The number of rotatable bonds is 4. The lowest BCUT2D eigenvalue weighted by atomic mass is 10.1. The summed E-state index contributed by atoms with van der Waals surface area (Å²) in [6.45, 7) is 2.43. The van der Waals surface area contributed by atoms with Crippen molar-refractivity contribution in [2.75, 3.05) is 0 Å². The fourth-order valence-electron chi connectivity index (χ4n) is 1.47. The van der Waals surface area contributed by atoms with Crippen LogP contribution in [0.5, 0.6) is 0 Å². The second-order valence-electron chi connectivity index (χ2n) is 3.92. The van der Waals surface area contributed by atoms with Crippen molar-refractivity contribution in [3.05, 3.63) is 53.7 Å². The van der Waals surface area contributed by atoms with E-state index in [9.17, 15) is 4.79 Å². The van der Waals surface area contributed by atoms with E-state index in [1.165, 1.54) is 18.2 Å². The number of carbonyl (C=O) groups excluding carboxylic acids is 1. The van der Waals surface area contributed by atoms with Gasteiger partial charge in [-0.25, -0.2) is 4.98 Å². The highest BCUT2D eigenvalue weighted by Crippen LogP contribution is 2.04. The number of aryl methyl sites for hydroxylation is 1. The molecule has 0 bridgehead atoms. The lowest BCUT2D eigenvalue weighted by Gasteiger charge is -2.03. The van der Waals surface area contributed by atoms with Gasteiger partial charge in [-0.1, -0.05) is 29.8 Å². The molecule has 2 aromatic rings. The van der Waals surface area contributed by atoms with Crippen LogP contribution in [0, 0.1) is 6.92 Å². The molecule has 0 atom stereocenters. The Balaban J connectivity index is 1.83. The first-order chi connectivity index (χ1) is 8.24. The first kappa shape index (κ1) is 11.4. The van der Waals surface area contributed by atoms with Gasteiger partial charge in [0, 0.05) is 0 Å². The molecule has 1 amide bonds. The van der Waals surface area contributed by atoms with E-state index in [-0.39, 0.29) is 5.91 Å². The molecule has 1 N–H and O–H groups in total. The third kappa shape index (κ3) is 3.45. The van der Waals surface area contributed by atoms with E-state index in [4.69, 9.17) is 4.42 Å². The van der Waals surface area contributed by atoms with Gasteiger partial charge in [-0.2, -0.15) is 0 Å². The van der Waals surface area contributed by atoms with Crippen molar-refractivity contribution in [3.8, 4) is 0 Å². The van der Waals surface area contributed by atoms with E-state index >= 15 is 0 Å². The van der Waals surface area contributed by atoms with Crippen molar-refractivity contribution >= 4 is 5.91 Å². The van der Waals surface area contributed by atoms with Gasteiger partial charge in [-0.15, -0.1) is 0 Å². The molecule has 1 aromatic carbocycles. The molecule has 17 heavy (non-hydrogen) atoms. The van der Waals surface area contributed by atoms with E-state index in [0.717, 1.165) is 11.3 Å². The lowest BCUT2D eigenvalue weighted by molar-refractivity contribution is -0.120. The summed E-state index contributed by atoms with van der Waals surface area (Å²) < 4.78 is 4.82. The molecule has 0 saturated heterocycles. The van der Waals surface area contributed by atoms with Crippen LogP contribution in [-0.4, -0.2) is 10.9 Å². The zero-order valence-corrected chi connectivity index (χ0v) is 9.64. The zero-order chi connectivity index (χ0) is 12.1. The van der Waals surface area contributed by atoms with E-state index in [1.807, 2.05) is 31.2 Å². The normalized spacial score (nSPS) is 10.2. The monoisotopic (exact) mass is 230 g/mol. The highest BCUT2D eigenvalue weighted by molar-refractivity contribution is 5.78. The van der Waals surface area contributed by atoms with Crippen LogP contribution in [0.1, 0.15) is 16.8 Å². The van der Waals surface area contributed by atoms with Crippen LogP contribution < -0.4 is 5.32 Å². The Kier molecular flexibility index (Phi) is 3.55. The predicted octanol–water partition coefficient (Wildman–Crippen LogP) is 1.84. The highest BCUT2D eigenvalue weighted by atomic mass is 16.3. The van der Waals surface area contributed by atoms with Gasteiger partial charge in [-0.05, 0) is 12.5 Å². The van der Waals surface area contributed by atoms with Crippen molar-refractivity contribution in [2.45, 2.75) is 19.9 Å². The van der Waals surface area contributed by atoms with Crippen molar-refractivity contribution in [1.82, 2.24) is 10.3 Å². The summed E-state index contributed by atoms with van der Waals surface area (Å²) in [5.41, 5.74) is 2.92. The molecule has 0 radical (unpaired) electrons. The topological polar surface area (TPSA) is 55.1 Å². The third-order valence-corrected chi connectivity index (χ3v) is 2.44. The molecule has 88 valence electrons. The second kappa shape index (κ2) is 5.30. The Hall–Kier alpha value is -2.10. The quantitative estimate of drug-likeness (QED) is 0.872. The summed E-state index contributed by atoms with van der Waals surface area (Å²) in [6.07, 6.45) is 3.26. The molecular formula is C13H14N2O2. The molecule has 0 aliphatic rings. The van der Waals surface area contributed by atoms with Crippen LogP contribution in [0.4, 0.5) is 0 Å². The number of nitrogens with one attached hydrogen (secondary N) is 1. The number of nitrogens with zero attached hydrogens (tertiary/aromatic N) is 1. The Morgan fingerprint density at radius 2 is 2.12 bits per heavy atom. The molecule has 0 spiro atoms. The first-order valence-corrected chi connectivity index (χ1v) is 5.43. The molecule has 0 saturated carbocycles. The molecule has 0 aliphatic heterocycles. The van der Waals surface area contributed by atoms with Crippen molar-refractivity contribution in [1.29, 1.82) is 0 Å². The van der Waals surface area contributed by atoms with Gasteiger partial charge in [0.05, 0.1) is 18.7 Å². The first-order valence-electron chi connectivity index (χ1n) is 5.43. The Morgan fingerprint density at radius 3 is 2.76 bits per heavy atom. The lowest BCUT2D eigenvalue weighted by Crippen LogP contribution is -2.24. The molecule has 1 heterocycles. The number of hydrogen-bond acceptors (Lipinski definition) is 3. The summed E-state index contributed by atoms with van der Waals surface area (Å²) >= 11 is 0. The van der Waals surface area contributed by atoms with Crippen LogP contribution in [0.15, 0.2) is 41.3 Å². The average molecular weight is 230 g/mol. The standard InChI is InChI=1S/C13H14N2O2/c1-10-2-4-11(5-3-10)6-13(16)14-7-12-8-17-9-15-12/h2-5,8-9H,6-7H2,1H3,(H,14,16). The minimum atomic E-state index is -0.0168. The van der Waals surface area contributed by atoms with Crippen LogP contribution in [0.3, 0.4) is 0 Å². The summed E-state index contributed by atoms with van der Waals surface area (Å²) in [5, 5.41) is 2.79. The average Bonchev–Trinajstić information content (AvgIpc) is 2.83. The van der Waals surface area contributed by atoms with Gasteiger partial charge < -0.3 is 9.73 Å². The second-order valence-corrected chi connectivity index (χ2v) is 3.92. The fourth-order valence-corrected chi connectivity index (χ4v) is 1.47. The smallest absolute Gasteiger partial charge is 0.224 e. The summed E-state index contributed by atoms with van der Waals surface area (Å²) in [6, 6.07) is 7.93. The maximum atomic E-state index is 11.6. The van der Waals surface area contributed by atoms with Crippen LogP contribution in [-0.2, 0) is 17.8 Å². The van der Waals surface area contributed by atoms with Crippen LogP contribution in [0.2, 0.25) is 0 Å². The minimum absolute atomic E-state index is 0.0168. The SMILES string of the molecule is Cc1ccc(CC(=O)NCc2cocn2)cc1. The van der Waals surface area contributed by atoms with Crippen molar-refractivity contribution < 1.29 is 9.21 Å². The van der Waals surface area contributed by atoms with Gasteiger partial charge >= 0.3 is 0 Å². The number of carbonyl (C=O) groups is 1. The Bertz CT molecular complexity index is 475. The largest absolute Gasteiger partial charge is 0.451 e. The van der Waals surface area contributed by atoms with Gasteiger partial charge in [0.2, 0.25) is 5.91 Å². The Labute approximate surface area is 99.7 Å². The number of amides is 1. The Morgan fingerprint density at radius 1 is 1.35 bits per heavy atom. The number of hydrogen-bond donors (Lipinski definition) is 1. The number of aromatic nitrogens is 1. The summed E-state index contributed by atoms with van der Waals surface area (Å²) in [5.74, 6) is -0.0168. The summed E-state index contributed by atoms with van der Waals surface area (Å²) in [4.78, 5) is 15.5. The molecule has 0 unspecified atom stereocenters. The van der Waals surface area contributed by atoms with Crippen molar-refractivity contribution in [3.63, 3.8) is 0 Å². The molecule has 2 rings (SSSR count). The van der Waals surface area contributed by atoms with Gasteiger partial charge in [0.1, 0.15) is 6.26 Å². The van der Waals surface area contributed by atoms with E-state index in [0.29, 0.717) is 13.0 Å². The summed E-state index contributed by atoms with van der Waals surface area (Å²) in [7, 11) is 0. The molecule has 4 heteroatoms. The van der Waals surface area contributed by atoms with Crippen LogP contribution >= 0.6 is 0 Å². The predicted molar refractivity (Wildman–Crippen MR) is 63.2 cm³/mol. The third-order valence-electron chi connectivity index (χ3n) is 2.44. The molecule has 0 aliphatic carbocycles. The molecule has 4 nitrogen and oxygen atoms in total. The number of oxazole rings is 1. The van der Waals surface area contributed by atoms with Crippen molar-refractivity contribution in [2.24, 2.45) is 0 Å². The molecule has 0 fully saturated rings. The molecule has 1 aromatic heterocycles. The van der Waals surface area contributed by atoms with Crippen LogP contribution in [0.25, 0.3) is 0 Å². The zero-order valence-electron chi connectivity index (χ0n) is 9.64. The highest BCUT2D eigenvalue weighted by Gasteiger charge is 2.04. The van der Waals surface area contributed by atoms with E-state index < -0.39 is 0 Å². The maximum absolute atomic E-state index is 11.6. The fraction of sp³-hybridized carbons (Fsp3) is 0.231. The van der Waals surface area contributed by atoms with Gasteiger partial charge in [0.25, 0.3) is 0 Å². The van der Waals surface area contributed by atoms with Gasteiger partial charge in [0.15, 0.2) is 6.39 Å².